The van der Waals surface area contributed by atoms with Gasteiger partial charge in [0.1, 0.15) is 11.5 Å². The Hall–Kier alpha value is -1.27. The summed E-state index contributed by atoms with van der Waals surface area (Å²) in [6.07, 6.45) is 0. The average Bonchev–Trinajstić information content (AvgIpc) is 2.50. The fourth-order valence-electron chi connectivity index (χ4n) is 2.14. The van der Waals surface area contributed by atoms with Gasteiger partial charge in [-0.1, -0.05) is 39.7 Å². The predicted molar refractivity (Wildman–Crippen MR) is 87.9 cm³/mol. The normalized spacial score (nSPS) is 12.0. The minimum Gasteiger partial charge on any atom is -0.496 e. The molecule has 4 nitrogen and oxygen atoms in total. The van der Waals surface area contributed by atoms with Crippen molar-refractivity contribution in [1.82, 2.24) is 5.43 Å². The first-order chi connectivity index (χ1) is 10.1. The SMILES string of the molecule is COc1cc(C(NN)c2ccc(Br)cc2OC)ccc1Cl. The maximum absolute atomic E-state index is 6.06. The third-order valence-electron chi connectivity index (χ3n) is 3.18. The number of methoxy groups -OCH3 is 2. The van der Waals surface area contributed by atoms with Crippen molar-refractivity contribution in [2.45, 2.75) is 6.04 Å². The van der Waals surface area contributed by atoms with Crippen LogP contribution in [-0.4, -0.2) is 14.2 Å². The van der Waals surface area contributed by atoms with Gasteiger partial charge >= 0.3 is 0 Å². The van der Waals surface area contributed by atoms with Gasteiger partial charge in [-0.2, -0.15) is 0 Å². The molecule has 6 heteroatoms. The zero-order valence-corrected chi connectivity index (χ0v) is 14.0. The van der Waals surface area contributed by atoms with E-state index in [9.17, 15) is 0 Å². The molecule has 0 saturated carbocycles. The van der Waals surface area contributed by atoms with Gasteiger partial charge in [0.25, 0.3) is 0 Å². The fraction of sp³-hybridized carbons (Fsp3) is 0.200. The van der Waals surface area contributed by atoms with Gasteiger partial charge < -0.3 is 9.47 Å². The summed E-state index contributed by atoms with van der Waals surface area (Å²) in [6.45, 7) is 0. The van der Waals surface area contributed by atoms with Crippen LogP contribution in [0.2, 0.25) is 5.02 Å². The maximum atomic E-state index is 6.06. The maximum Gasteiger partial charge on any atom is 0.137 e. The molecule has 2 aromatic carbocycles. The Bertz CT molecular complexity index is 637. The molecule has 0 radical (unpaired) electrons. The van der Waals surface area contributed by atoms with E-state index in [0.29, 0.717) is 10.8 Å². The molecule has 0 saturated heterocycles. The molecule has 0 amide bonds. The van der Waals surface area contributed by atoms with E-state index in [-0.39, 0.29) is 6.04 Å². The third kappa shape index (κ3) is 3.49. The summed E-state index contributed by atoms with van der Waals surface area (Å²) in [4.78, 5) is 0. The summed E-state index contributed by atoms with van der Waals surface area (Å²) in [5.41, 5.74) is 4.66. The van der Waals surface area contributed by atoms with Crippen molar-refractivity contribution < 1.29 is 9.47 Å². The molecular weight excluding hydrogens is 356 g/mol. The number of hydrogen-bond acceptors (Lipinski definition) is 4. The fourth-order valence-corrected chi connectivity index (χ4v) is 2.68. The molecule has 0 aromatic heterocycles. The first-order valence-corrected chi connectivity index (χ1v) is 7.40. The van der Waals surface area contributed by atoms with Gasteiger partial charge in [0.2, 0.25) is 0 Å². The molecule has 0 bridgehead atoms. The molecule has 2 rings (SSSR count). The summed E-state index contributed by atoms with van der Waals surface area (Å²) in [5.74, 6) is 7.08. The quantitative estimate of drug-likeness (QED) is 0.622. The lowest BCUT2D eigenvalue weighted by Crippen LogP contribution is -2.29. The number of benzene rings is 2. The molecule has 21 heavy (non-hydrogen) atoms. The summed E-state index contributed by atoms with van der Waals surface area (Å²) in [5, 5.41) is 0.555. The van der Waals surface area contributed by atoms with E-state index in [1.165, 1.54) is 0 Å². The van der Waals surface area contributed by atoms with Crippen molar-refractivity contribution in [2.24, 2.45) is 5.84 Å². The van der Waals surface area contributed by atoms with Gasteiger partial charge in [-0.05, 0) is 29.8 Å². The van der Waals surface area contributed by atoms with Crippen LogP contribution in [0.4, 0.5) is 0 Å². The summed E-state index contributed by atoms with van der Waals surface area (Å²) < 4.78 is 11.6. The van der Waals surface area contributed by atoms with Gasteiger partial charge in [-0.25, -0.2) is 5.43 Å². The number of halogens is 2. The number of nitrogens with two attached hydrogens (primary N) is 1. The van der Waals surface area contributed by atoms with Crippen LogP contribution in [0.25, 0.3) is 0 Å². The van der Waals surface area contributed by atoms with E-state index >= 15 is 0 Å². The summed E-state index contributed by atoms with van der Waals surface area (Å²) in [7, 11) is 3.21. The Morgan fingerprint density at radius 2 is 1.81 bits per heavy atom. The highest BCUT2D eigenvalue weighted by Crippen LogP contribution is 2.35. The van der Waals surface area contributed by atoms with Crippen LogP contribution >= 0.6 is 27.5 Å². The lowest BCUT2D eigenvalue weighted by molar-refractivity contribution is 0.402. The largest absolute Gasteiger partial charge is 0.496 e. The number of nitrogens with one attached hydrogen (secondary N) is 1. The number of hydrazine groups is 1. The Morgan fingerprint density at radius 3 is 2.43 bits per heavy atom. The van der Waals surface area contributed by atoms with E-state index in [2.05, 4.69) is 21.4 Å². The van der Waals surface area contributed by atoms with Crippen molar-refractivity contribution in [3.8, 4) is 11.5 Å². The molecule has 2 aromatic rings. The number of hydrogen-bond donors (Lipinski definition) is 2. The molecule has 0 aliphatic rings. The molecule has 0 aliphatic heterocycles. The standard InChI is InChI=1S/C15H16BrClN2O2/c1-20-13-8-10(16)4-5-11(13)15(19-18)9-3-6-12(17)14(7-9)21-2/h3-8,15,19H,18H2,1-2H3. The third-order valence-corrected chi connectivity index (χ3v) is 3.99. The van der Waals surface area contributed by atoms with Crippen LogP contribution in [0.15, 0.2) is 40.9 Å². The van der Waals surface area contributed by atoms with Crippen molar-refractivity contribution >= 4 is 27.5 Å². The minimum absolute atomic E-state index is 0.237. The Morgan fingerprint density at radius 1 is 1.10 bits per heavy atom. The Labute approximate surface area is 137 Å². The van der Waals surface area contributed by atoms with Crippen molar-refractivity contribution in [1.29, 1.82) is 0 Å². The van der Waals surface area contributed by atoms with E-state index in [0.717, 1.165) is 21.3 Å². The summed E-state index contributed by atoms with van der Waals surface area (Å²) in [6, 6.07) is 11.1. The van der Waals surface area contributed by atoms with Crippen LogP contribution in [0.3, 0.4) is 0 Å². The monoisotopic (exact) mass is 370 g/mol. The van der Waals surface area contributed by atoms with Gasteiger partial charge in [0.05, 0.1) is 25.3 Å². The van der Waals surface area contributed by atoms with Crippen molar-refractivity contribution in [3.63, 3.8) is 0 Å². The first kappa shape index (κ1) is 16.1. The van der Waals surface area contributed by atoms with Crippen LogP contribution in [0.1, 0.15) is 17.2 Å². The summed E-state index contributed by atoms with van der Waals surface area (Å²) >= 11 is 9.49. The molecule has 0 fully saturated rings. The topological polar surface area (TPSA) is 56.5 Å². The number of ether oxygens (including phenoxy) is 2. The van der Waals surface area contributed by atoms with Crippen molar-refractivity contribution in [3.05, 3.63) is 57.0 Å². The smallest absolute Gasteiger partial charge is 0.137 e. The highest BCUT2D eigenvalue weighted by atomic mass is 79.9. The second-order valence-corrected chi connectivity index (χ2v) is 5.70. The van der Waals surface area contributed by atoms with Gasteiger partial charge in [-0.15, -0.1) is 0 Å². The van der Waals surface area contributed by atoms with E-state index in [1.54, 1.807) is 20.3 Å². The second kappa shape index (κ2) is 7.13. The molecule has 0 spiro atoms. The molecular formula is C15H16BrClN2O2. The van der Waals surface area contributed by atoms with Crippen LogP contribution in [0.5, 0.6) is 11.5 Å². The predicted octanol–water partition coefficient (Wildman–Crippen LogP) is 3.67. The lowest BCUT2D eigenvalue weighted by Gasteiger charge is -2.20. The average molecular weight is 372 g/mol. The zero-order chi connectivity index (χ0) is 15.4. The van der Waals surface area contributed by atoms with Crippen LogP contribution < -0.4 is 20.7 Å². The van der Waals surface area contributed by atoms with Crippen LogP contribution in [0, 0.1) is 0 Å². The minimum atomic E-state index is -0.237. The molecule has 1 unspecified atom stereocenters. The molecule has 1 atom stereocenters. The first-order valence-electron chi connectivity index (χ1n) is 6.23. The van der Waals surface area contributed by atoms with E-state index in [4.69, 9.17) is 26.9 Å². The number of rotatable bonds is 5. The molecule has 112 valence electrons. The second-order valence-electron chi connectivity index (χ2n) is 4.38. The van der Waals surface area contributed by atoms with Crippen LogP contribution in [-0.2, 0) is 0 Å². The highest BCUT2D eigenvalue weighted by Gasteiger charge is 2.18. The molecule has 0 heterocycles. The van der Waals surface area contributed by atoms with E-state index in [1.807, 2.05) is 30.3 Å². The lowest BCUT2D eigenvalue weighted by atomic mass is 9.98. The van der Waals surface area contributed by atoms with Gasteiger partial charge in [0.15, 0.2) is 0 Å². The van der Waals surface area contributed by atoms with Gasteiger partial charge in [-0.3, -0.25) is 5.84 Å². The van der Waals surface area contributed by atoms with Crippen molar-refractivity contribution in [2.75, 3.05) is 14.2 Å². The zero-order valence-electron chi connectivity index (χ0n) is 11.7. The molecule has 3 N–H and O–H groups in total. The van der Waals surface area contributed by atoms with Gasteiger partial charge in [0, 0.05) is 10.0 Å². The Balaban J connectivity index is 2.49. The Kier molecular flexibility index (Phi) is 5.47. The van der Waals surface area contributed by atoms with E-state index < -0.39 is 0 Å². The molecule has 0 aliphatic carbocycles. The highest BCUT2D eigenvalue weighted by molar-refractivity contribution is 9.10.